The van der Waals surface area contributed by atoms with E-state index in [0.29, 0.717) is 18.2 Å². The van der Waals surface area contributed by atoms with Crippen LogP contribution < -0.4 is 26.9 Å². The molecule has 1 aromatic heterocycles. The first-order valence-electron chi connectivity index (χ1n) is 11.2. The summed E-state index contributed by atoms with van der Waals surface area (Å²) in [6, 6.07) is 20.2. The summed E-state index contributed by atoms with van der Waals surface area (Å²) in [5.74, 6) is 8.34. The van der Waals surface area contributed by atoms with Crippen molar-refractivity contribution < 1.29 is 4.74 Å². The first kappa shape index (κ1) is 25.3. The highest BCUT2D eigenvalue weighted by Gasteiger charge is 2.10. The number of nitrogens with zero attached hydrogens (tertiary/aromatic N) is 2. The number of pyridine rings is 1. The van der Waals surface area contributed by atoms with Crippen LogP contribution in [0.3, 0.4) is 0 Å². The van der Waals surface area contributed by atoms with Gasteiger partial charge in [0.15, 0.2) is 0 Å². The molecule has 3 rings (SSSR count). The predicted molar refractivity (Wildman–Crippen MR) is 143 cm³/mol. The lowest BCUT2D eigenvalue weighted by Gasteiger charge is -2.22. The number of anilines is 2. The van der Waals surface area contributed by atoms with Gasteiger partial charge in [-0.3, -0.25) is 0 Å². The van der Waals surface area contributed by atoms with Crippen molar-refractivity contribution >= 4 is 29.0 Å². The van der Waals surface area contributed by atoms with Gasteiger partial charge < -0.3 is 26.1 Å². The van der Waals surface area contributed by atoms with E-state index in [1.54, 1.807) is 30.1 Å². The second-order valence-electron chi connectivity index (χ2n) is 8.06. The van der Waals surface area contributed by atoms with E-state index in [1.165, 1.54) is 11.1 Å². The standard InChI is InChI=1S/C26H34N6OS/c1-19(15-29-22-7-11-24(34-3)12-8-22)16-30-26-13-6-21(17-31-26)25(14-27)32(28)18-20-4-9-23(33-2)10-5-20/h4-14,17,19,29H,15-16,18,27-28H2,1-3H3,(H,30,31)/b25-14-. The van der Waals surface area contributed by atoms with Crippen molar-refractivity contribution in [2.75, 3.05) is 37.1 Å². The van der Waals surface area contributed by atoms with E-state index < -0.39 is 0 Å². The van der Waals surface area contributed by atoms with Crippen molar-refractivity contribution in [2.24, 2.45) is 17.5 Å². The molecular formula is C26H34N6OS. The molecule has 6 N–H and O–H groups in total. The minimum absolute atomic E-state index is 0.422. The number of thioether (sulfide) groups is 1. The van der Waals surface area contributed by atoms with Crippen molar-refractivity contribution in [3.63, 3.8) is 0 Å². The molecule has 0 aliphatic carbocycles. The molecule has 0 saturated carbocycles. The average Bonchev–Trinajstić information content (AvgIpc) is 2.88. The lowest BCUT2D eigenvalue weighted by molar-refractivity contribution is 0.405. The molecule has 34 heavy (non-hydrogen) atoms. The van der Waals surface area contributed by atoms with Crippen LogP contribution in [0.15, 0.2) is 78.0 Å². The van der Waals surface area contributed by atoms with Crippen LogP contribution in [0.5, 0.6) is 5.75 Å². The molecule has 3 aromatic rings. The Balaban J connectivity index is 1.49. The third-order valence-corrected chi connectivity index (χ3v) is 6.16. The van der Waals surface area contributed by atoms with Crippen molar-refractivity contribution in [2.45, 2.75) is 18.4 Å². The highest BCUT2D eigenvalue weighted by Crippen LogP contribution is 2.20. The van der Waals surface area contributed by atoms with Crippen LogP contribution in [0.1, 0.15) is 18.1 Å². The summed E-state index contributed by atoms with van der Waals surface area (Å²) >= 11 is 1.75. The summed E-state index contributed by atoms with van der Waals surface area (Å²) in [5.41, 5.74) is 9.63. The molecule has 0 amide bonds. The lowest BCUT2D eigenvalue weighted by Crippen LogP contribution is -2.29. The number of benzene rings is 2. The Kier molecular flexibility index (Phi) is 9.49. The number of ether oxygens (including phenoxy) is 1. The molecule has 7 nitrogen and oxygen atoms in total. The zero-order valence-corrected chi connectivity index (χ0v) is 20.8. The predicted octanol–water partition coefficient (Wildman–Crippen LogP) is 4.61. The Morgan fingerprint density at radius 1 is 1.06 bits per heavy atom. The maximum atomic E-state index is 6.30. The fourth-order valence-electron chi connectivity index (χ4n) is 3.37. The molecule has 1 atom stereocenters. The molecule has 1 unspecified atom stereocenters. The molecule has 0 aliphatic heterocycles. The van der Waals surface area contributed by atoms with Crippen molar-refractivity contribution in [1.29, 1.82) is 0 Å². The third kappa shape index (κ3) is 7.33. The molecule has 0 saturated heterocycles. The van der Waals surface area contributed by atoms with E-state index in [9.17, 15) is 0 Å². The number of methoxy groups -OCH3 is 1. The fraction of sp³-hybridized carbons (Fsp3) is 0.269. The Morgan fingerprint density at radius 2 is 1.76 bits per heavy atom. The largest absolute Gasteiger partial charge is 0.497 e. The second-order valence-corrected chi connectivity index (χ2v) is 8.94. The summed E-state index contributed by atoms with van der Waals surface area (Å²) in [6.45, 7) is 4.39. The van der Waals surface area contributed by atoms with Crippen LogP contribution in [0, 0.1) is 5.92 Å². The number of hydrogen-bond acceptors (Lipinski definition) is 8. The molecule has 2 aromatic carbocycles. The number of rotatable bonds is 12. The minimum atomic E-state index is 0.422. The van der Waals surface area contributed by atoms with E-state index in [1.807, 2.05) is 36.4 Å². The van der Waals surface area contributed by atoms with Gasteiger partial charge in [-0.2, -0.15) is 0 Å². The van der Waals surface area contributed by atoms with Crippen LogP contribution in [0.4, 0.5) is 11.5 Å². The van der Waals surface area contributed by atoms with Gasteiger partial charge >= 0.3 is 0 Å². The summed E-state index contributed by atoms with van der Waals surface area (Å²) < 4.78 is 5.20. The van der Waals surface area contributed by atoms with Gasteiger partial charge in [0.2, 0.25) is 0 Å². The number of nitrogens with two attached hydrogens (primary N) is 2. The topological polar surface area (TPSA) is 101 Å². The van der Waals surface area contributed by atoms with Crippen molar-refractivity contribution in [3.8, 4) is 5.75 Å². The lowest BCUT2D eigenvalue weighted by atomic mass is 10.1. The van der Waals surface area contributed by atoms with E-state index in [4.69, 9.17) is 16.3 Å². The number of nitrogens with one attached hydrogen (secondary N) is 2. The van der Waals surface area contributed by atoms with Gasteiger partial charge in [-0.05, 0) is 66.3 Å². The van der Waals surface area contributed by atoms with E-state index in [0.717, 1.165) is 41.5 Å². The Morgan fingerprint density at radius 3 is 2.35 bits per heavy atom. The second kappa shape index (κ2) is 12.8. The van der Waals surface area contributed by atoms with Gasteiger partial charge in [-0.25, -0.2) is 10.8 Å². The van der Waals surface area contributed by atoms with E-state index >= 15 is 0 Å². The molecule has 1 heterocycles. The zero-order valence-electron chi connectivity index (χ0n) is 20.0. The quantitative estimate of drug-likeness (QED) is 0.170. The SMILES string of the molecule is COc1ccc(CN(N)/C(=C\N)c2ccc(NCC(C)CNc3ccc(SC)cc3)nc2)cc1. The molecule has 0 aliphatic rings. The normalized spacial score (nSPS) is 12.2. The molecule has 8 heteroatoms. The Bertz CT molecular complexity index is 1040. The maximum absolute atomic E-state index is 6.30. The maximum Gasteiger partial charge on any atom is 0.125 e. The molecule has 0 spiro atoms. The van der Waals surface area contributed by atoms with Gasteiger partial charge in [-0.1, -0.05) is 19.1 Å². The molecule has 0 fully saturated rings. The number of aromatic nitrogens is 1. The zero-order chi connectivity index (χ0) is 24.3. The van der Waals surface area contributed by atoms with Crippen LogP contribution in [0.25, 0.3) is 5.70 Å². The van der Waals surface area contributed by atoms with Gasteiger partial charge in [0.1, 0.15) is 11.6 Å². The summed E-state index contributed by atoms with van der Waals surface area (Å²) in [5, 5.41) is 8.50. The highest BCUT2D eigenvalue weighted by molar-refractivity contribution is 7.98. The minimum Gasteiger partial charge on any atom is -0.497 e. The Labute approximate surface area is 206 Å². The van der Waals surface area contributed by atoms with Crippen molar-refractivity contribution in [3.05, 3.63) is 84.2 Å². The highest BCUT2D eigenvalue weighted by atomic mass is 32.2. The summed E-state index contributed by atoms with van der Waals surface area (Å²) in [7, 11) is 1.65. The number of hydrogen-bond donors (Lipinski definition) is 4. The average molecular weight is 479 g/mol. The first-order chi connectivity index (χ1) is 16.5. The van der Waals surface area contributed by atoms with E-state index in [2.05, 4.69) is 53.1 Å². The van der Waals surface area contributed by atoms with Crippen LogP contribution in [-0.2, 0) is 6.54 Å². The van der Waals surface area contributed by atoms with Crippen molar-refractivity contribution in [1.82, 2.24) is 9.99 Å². The van der Waals surface area contributed by atoms with Crippen LogP contribution in [-0.4, -0.2) is 36.4 Å². The monoisotopic (exact) mass is 478 g/mol. The smallest absolute Gasteiger partial charge is 0.125 e. The Hall–Kier alpha value is -3.36. The molecule has 0 radical (unpaired) electrons. The summed E-state index contributed by atoms with van der Waals surface area (Å²) in [6.07, 6.45) is 5.37. The van der Waals surface area contributed by atoms with Gasteiger partial charge in [-0.15, -0.1) is 11.8 Å². The molecule has 180 valence electrons. The number of hydrazine groups is 1. The van der Waals surface area contributed by atoms with Gasteiger partial charge in [0, 0.05) is 41.6 Å². The molecular weight excluding hydrogens is 444 g/mol. The van der Waals surface area contributed by atoms with E-state index in [-0.39, 0.29) is 0 Å². The van der Waals surface area contributed by atoms with Crippen LogP contribution in [0.2, 0.25) is 0 Å². The fourth-order valence-corrected chi connectivity index (χ4v) is 3.78. The first-order valence-corrected chi connectivity index (χ1v) is 12.4. The van der Waals surface area contributed by atoms with Gasteiger partial charge in [0.05, 0.1) is 19.4 Å². The van der Waals surface area contributed by atoms with Gasteiger partial charge in [0.25, 0.3) is 0 Å². The van der Waals surface area contributed by atoms with Crippen LogP contribution >= 0.6 is 11.8 Å². The third-order valence-electron chi connectivity index (χ3n) is 5.41. The molecule has 0 bridgehead atoms. The summed E-state index contributed by atoms with van der Waals surface area (Å²) in [4.78, 5) is 5.80.